The summed E-state index contributed by atoms with van der Waals surface area (Å²) in [6.07, 6.45) is 3.43. The van der Waals surface area contributed by atoms with E-state index in [0.717, 1.165) is 43.5 Å². The van der Waals surface area contributed by atoms with Crippen molar-refractivity contribution >= 4 is 5.69 Å². The predicted octanol–water partition coefficient (Wildman–Crippen LogP) is 2.35. The Kier molecular flexibility index (Phi) is 4.99. The highest BCUT2D eigenvalue weighted by Gasteiger charge is 2.27. The highest BCUT2D eigenvalue weighted by atomic mass is 16.3. The third-order valence-corrected chi connectivity index (χ3v) is 3.99. The molecule has 0 bridgehead atoms. The van der Waals surface area contributed by atoms with Crippen molar-refractivity contribution in [2.24, 2.45) is 0 Å². The Morgan fingerprint density at radius 2 is 2.30 bits per heavy atom. The Bertz CT molecular complexity index is 494. The van der Waals surface area contributed by atoms with E-state index in [1.165, 1.54) is 0 Å². The summed E-state index contributed by atoms with van der Waals surface area (Å²) in [6, 6.07) is 8.04. The maximum Gasteiger partial charge on any atom is 0.0992 e. The summed E-state index contributed by atoms with van der Waals surface area (Å²) in [4.78, 5) is 2.29. The van der Waals surface area contributed by atoms with Crippen LogP contribution in [0.3, 0.4) is 0 Å². The van der Waals surface area contributed by atoms with E-state index in [1.54, 1.807) is 13.0 Å². The van der Waals surface area contributed by atoms with Gasteiger partial charge in [-0.1, -0.05) is 6.07 Å². The third kappa shape index (κ3) is 3.12. The van der Waals surface area contributed by atoms with Gasteiger partial charge in [-0.15, -0.1) is 0 Å². The second-order valence-electron chi connectivity index (χ2n) is 5.42. The lowest BCUT2D eigenvalue weighted by Gasteiger charge is -2.29. The molecule has 0 radical (unpaired) electrons. The average molecular weight is 274 g/mol. The van der Waals surface area contributed by atoms with Crippen LogP contribution in [-0.4, -0.2) is 29.4 Å². The molecule has 1 heterocycles. The Morgan fingerprint density at radius 1 is 1.50 bits per heavy atom. The summed E-state index contributed by atoms with van der Waals surface area (Å²) < 4.78 is 0. The summed E-state index contributed by atoms with van der Waals surface area (Å²) in [6.45, 7) is 2.92. The average Bonchev–Trinajstić information content (AvgIpc) is 2.92. The van der Waals surface area contributed by atoms with Crippen molar-refractivity contribution in [1.82, 2.24) is 0 Å². The number of aliphatic hydroxyl groups excluding tert-OH is 2. The molecule has 0 aromatic heterocycles. The minimum absolute atomic E-state index is 0.214. The standard InChI is InChI=1S/C16H22N2O2/c1-12(20)15-7-6-13(11-17)10-16(15)18-8-2-4-14(18)5-3-9-19/h6-7,10,12,14,19-20H,2-5,8-9H2,1H3. The van der Waals surface area contributed by atoms with Gasteiger partial charge in [-0.25, -0.2) is 0 Å². The number of nitrogens with zero attached hydrogens (tertiary/aromatic N) is 2. The van der Waals surface area contributed by atoms with Crippen molar-refractivity contribution in [3.05, 3.63) is 29.3 Å². The molecule has 108 valence electrons. The van der Waals surface area contributed by atoms with Gasteiger partial charge >= 0.3 is 0 Å². The summed E-state index contributed by atoms with van der Waals surface area (Å²) in [5.41, 5.74) is 2.47. The SMILES string of the molecule is CC(O)c1ccc(C#N)cc1N1CCCC1CCCO. The van der Waals surface area contributed by atoms with Crippen molar-refractivity contribution in [3.8, 4) is 6.07 Å². The fourth-order valence-electron chi connectivity index (χ4n) is 3.00. The fraction of sp³-hybridized carbons (Fsp3) is 0.562. The molecule has 1 saturated heterocycles. The molecule has 0 spiro atoms. The summed E-state index contributed by atoms with van der Waals surface area (Å²) >= 11 is 0. The van der Waals surface area contributed by atoms with E-state index in [4.69, 9.17) is 10.4 Å². The number of aliphatic hydroxyl groups is 2. The fourth-order valence-corrected chi connectivity index (χ4v) is 3.00. The number of nitriles is 1. The van der Waals surface area contributed by atoms with E-state index in [-0.39, 0.29) is 6.61 Å². The second kappa shape index (κ2) is 6.74. The maximum absolute atomic E-state index is 9.94. The smallest absolute Gasteiger partial charge is 0.0992 e. The molecule has 0 saturated carbocycles. The van der Waals surface area contributed by atoms with E-state index >= 15 is 0 Å². The largest absolute Gasteiger partial charge is 0.396 e. The van der Waals surface area contributed by atoms with E-state index in [0.29, 0.717) is 11.6 Å². The highest BCUT2D eigenvalue weighted by Crippen LogP contribution is 2.34. The zero-order valence-corrected chi connectivity index (χ0v) is 11.9. The molecule has 2 atom stereocenters. The second-order valence-corrected chi connectivity index (χ2v) is 5.42. The molecule has 4 nitrogen and oxygen atoms in total. The molecule has 1 aromatic carbocycles. The van der Waals surface area contributed by atoms with Gasteiger partial charge in [0, 0.05) is 30.4 Å². The Labute approximate surface area is 120 Å². The lowest BCUT2D eigenvalue weighted by molar-refractivity contribution is 0.199. The first-order valence-corrected chi connectivity index (χ1v) is 7.27. The van der Waals surface area contributed by atoms with Crippen LogP contribution in [0.2, 0.25) is 0 Å². The highest BCUT2D eigenvalue weighted by molar-refractivity contribution is 5.59. The molecule has 2 N–H and O–H groups in total. The zero-order chi connectivity index (χ0) is 14.5. The number of hydrogen-bond donors (Lipinski definition) is 2. The predicted molar refractivity (Wildman–Crippen MR) is 78.5 cm³/mol. The van der Waals surface area contributed by atoms with Crippen LogP contribution in [0.25, 0.3) is 0 Å². The summed E-state index contributed by atoms with van der Waals surface area (Å²) in [5.74, 6) is 0. The molecular formula is C16H22N2O2. The molecule has 0 amide bonds. The third-order valence-electron chi connectivity index (χ3n) is 3.99. The molecule has 20 heavy (non-hydrogen) atoms. The Balaban J connectivity index is 2.31. The monoisotopic (exact) mass is 274 g/mol. The van der Waals surface area contributed by atoms with Crippen LogP contribution in [0, 0.1) is 11.3 Å². The van der Waals surface area contributed by atoms with Crippen molar-refractivity contribution in [2.75, 3.05) is 18.1 Å². The molecule has 0 aliphatic carbocycles. The van der Waals surface area contributed by atoms with Gasteiger partial charge in [-0.05, 0) is 44.7 Å². The number of rotatable bonds is 5. The van der Waals surface area contributed by atoms with Crippen LogP contribution in [0.1, 0.15) is 49.8 Å². The first-order chi connectivity index (χ1) is 9.67. The Morgan fingerprint density at radius 3 is 2.95 bits per heavy atom. The summed E-state index contributed by atoms with van der Waals surface area (Å²) in [5, 5.41) is 28.0. The van der Waals surface area contributed by atoms with E-state index in [2.05, 4.69) is 11.0 Å². The van der Waals surface area contributed by atoms with Gasteiger partial charge in [0.25, 0.3) is 0 Å². The van der Waals surface area contributed by atoms with Crippen LogP contribution in [-0.2, 0) is 0 Å². The van der Waals surface area contributed by atoms with Crippen molar-refractivity contribution < 1.29 is 10.2 Å². The van der Waals surface area contributed by atoms with Crippen molar-refractivity contribution in [3.63, 3.8) is 0 Å². The molecule has 1 fully saturated rings. The van der Waals surface area contributed by atoms with Crippen LogP contribution in [0.5, 0.6) is 0 Å². The van der Waals surface area contributed by atoms with Crippen molar-refractivity contribution in [2.45, 2.75) is 44.8 Å². The van der Waals surface area contributed by atoms with Gasteiger partial charge in [-0.2, -0.15) is 5.26 Å². The molecule has 2 rings (SSSR count). The number of hydrogen-bond acceptors (Lipinski definition) is 4. The van der Waals surface area contributed by atoms with Crippen LogP contribution >= 0.6 is 0 Å². The quantitative estimate of drug-likeness (QED) is 0.865. The first kappa shape index (κ1) is 14.8. The lowest BCUT2D eigenvalue weighted by atomic mass is 10.0. The van der Waals surface area contributed by atoms with Crippen LogP contribution in [0.15, 0.2) is 18.2 Å². The lowest BCUT2D eigenvalue weighted by Crippen LogP contribution is -2.30. The number of anilines is 1. The molecule has 1 aliphatic rings. The molecule has 1 aliphatic heterocycles. The van der Waals surface area contributed by atoms with Gasteiger partial charge < -0.3 is 15.1 Å². The normalized spacial score (nSPS) is 19.9. The van der Waals surface area contributed by atoms with E-state index in [9.17, 15) is 5.11 Å². The van der Waals surface area contributed by atoms with Crippen LogP contribution in [0.4, 0.5) is 5.69 Å². The van der Waals surface area contributed by atoms with Crippen LogP contribution < -0.4 is 4.90 Å². The van der Waals surface area contributed by atoms with Gasteiger partial charge in [0.05, 0.1) is 17.7 Å². The maximum atomic E-state index is 9.94. The minimum Gasteiger partial charge on any atom is -0.396 e. The Hall–Kier alpha value is -1.57. The molecular weight excluding hydrogens is 252 g/mol. The molecule has 4 heteroatoms. The van der Waals surface area contributed by atoms with E-state index < -0.39 is 6.10 Å². The van der Waals surface area contributed by atoms with Gasteiger partial charge in [0.2, 0.25) is 0 Å². The summed E-state index contributed by atoms with van der Waals surface area (Å²) in [7, 11) is 0. The molecule has 2 unspecified atom stereocenters. The van der Waals surface area contributed by atoms with Gasteiger partial charge in [0.1, 0.15) is 0 Å². The topological polar surface area (TPSA) is 67.5 Å². The first-order valence-electron chi connectivity index (χ1n) is 7.27. The minimum atomic E-state index is -0.545. The van der Waals surface area contributed by atoms with E-state index in [1.807, 2.05) is 12.1 Å². The zero-order valence-electron chi connectivity index (χ0n) is 11.9. The number of benzene rings is 1. The van der Waals surface area contributed by atoms with Gasteiger partial charge in [0.15, 0.2) is 0 Å². The van der Waals surface area contributed by atoms with Crippen molar-refractivity contribution in [1.29, 1.82) is 5.26 Å². The van der Waals surface area contributed by atoms with Gasteiger partial charge in [-0.3, -0.25) is 0 Å². The molecule has 1 aromatic rings.